The minimum absolute atomic E-state index is 0.0516. The molecular formula is C21H24N2O3. The van der Waals surface area contributed by atoms with Gasteiger partial charge in [0.15, 0.2) is 6.61 Å². The molecule has 0 saturated heterocycles. The third-order valence-corrected chi connectivity index (χ3v) is 4.38. The van der Waals surface area contributed by atoms with Crippen LogP contribution in [0.3, 0.4) is 0 Å². The Kier molecular flexibility index (Phi) is 5.56. The first-order chi connectivity index (χ1) is 12.5. The van der Waals surface area contributed by atoms with Crippen LogP contribution in [0.4, 0.5) is 11.4 Å². The highest BCUT2D eigenvalue weighted by molar-refractivity contribution is 5.99. The van der Waals surface area contributed by atoms with Crippen LogP contribution in [0.25, 0.3) is 0 Å². The summed E-state index contributed by atoms with van der Waals surface area (Å²) >= 11 is 0. The summed E-state index contributed by atoms with van der Waals surface area (Å²) in [5, 5.41) is 2.88. The molecule has 0 fully saturated rings. The summed E-state index contributed by atoms with van der Waals surface area (Å²) in [6.45, 7) is 4.36. The van der Waals surface area contributed by atoms with Gasteiger partial charge in [0.05, 0.1) is 5.69 Å². The lowest BCUT2D eigenvalue weighted by Gasteiger charge is -2.30. The van der Waals surface area contributed by atoms with Gasteiger partial charge in [-0.1, -0.05) is 44.2 Å². The Bertz CT molecular complexity index is 787. The van der Waals surface area contributed by atoms with E-state index in [1.54, 1.807) is 11.0 Å². The molecule has 2 aromatic rings. The highest BCUT2D eigenvalue weighted by Crippen LogP contribution is 2.34. The number of hydrogen-bond donors (Lipinski definition) is 1. The highest BCUT2D eigenvalue weighted by Gasteiger charge is 2.25. The number of carbonyl (C=O) groups excluding carboxylic acids is 2. The summed E-state index contributed by atoms with van der Waals surface area (Å²) in [7, 11) is 0. The fourth-order valence-corrected chi connectivity index (χ4v) is 2.90. The molecule has 2 aromatic carbocycles. The average Bonchev–Trinajstić information content (AvgIpc) is 2.64. The number of anilines is 2. The van der Waals surface area contributed by atoms with Crippen molar-refractivity contribution in [2.45, 2.75) is 26.7 Å². The lowest BCUT2D eigenvalue weighted by molar-refractivity contribution is -0.121. The van der Waals surface area contributed by atoms with Gasteiger partial charge in [-0.15, -0.1) is 0 Å². The number of amides is 2. The molecule has 1 N–H and O–H groups in total. The van der Waals surface area contributed by atoms with Crippen LogP contribution in [0.1, 0.15) is 25.8 Å². The zero-order valence-corrected chi connectivity index (χ0v) is 15.2. The average molecular weight is 352 g/mol. The maximum absolute atomic E-state index is 12.4. The number of rotatable bonds is 6. The van der Waals surface area contributed by atoms with Gasteiger partial charge in [-0.25, -0.2) is 0 Å². The first-order valence-electron chi connectivity index (χ1n) is 8.96. The van der Waals surface area contributed by atoms with Crippen molar-refractivity contribution in [2.24, 2.45) is 5.92 Å². The fourth-order valence-electron chi connectivity index (χ4n) is 2.90. The van der Waals surface area contributed by atoms with Gasteiger partial charge in [-0.3, -0.25) is 9.59 Å². The largest absolute Gasteiger partial charge is 0.482 e. The second-order valence-corrected chi connectivity index (χ2v) is 6.75. The van der Waals surface area contributed by atoms with E-state index in [4.69, 9.17) is 4.74 Å². The fraction of sp³-hybridized carbons (Fsp3) is 0.333. The summed E-state index contributed by atoms with van der Waals surface area (Å²) in [5.41, 5.74) is 2.65. The summed E-state index contributed by atoms with van der Waals surface area (Å²) in [6.07, 6.45) is 1.77. The van der Waals surface area contributed by atoms with Gasteiger partial charge in [0, 0.05) is 18.2 Å². The molecule has 0 atom stereocenters. The van der Waals surface area contributed by atoms with Gasteiger partial charge in [0.2, 0.25) is 5.91 Å². The number of benzene rings is 2. The van der Waals surface area contributed by atoms with E-state index < -0.39 is 0 Å². The maximum atomic E-state index is 12.4. The Morgan fingerprint density at radius 3 is 2.69 bits per heavy atom. The Morgan fingerprint density at radius 1 is 1.19 bits per heavy atom. The van der Waals surface area contributed by atoms with Crippen LogP contribution in [-0.4, -0.2) is 25.0 Å². The van der Waals surface area contributed by atoms with Crippen LogP contribution in [0.2, 0.25) is 0 Å². The van der Waals surface area contributed by atoms with Crippen LogP contribution in [0.5, 0.6) is 5.75 Å². The zero-order valence-electron chi connectivity index (χ0n) is 15.2. The molecule has 1 aliphatic heterocycles. The van der Waals surface area contributed by atoms with Crippen molar-refractivity contribution in [3.8, 4) is 5.75 Å². The third kappa shape index (κ3) is 4.23. The molecule has 0 unspecified atom stereocenters. The first kappa shape index (κ1) is 18.0. The Hall–Kier alpha value is -2.82. The minimum Gasteiger partial charge on any atom is -0.482 e. The molecule has 5 heteroatoms. The van der Waals surface area contributed by atoms with Crippen molar-refractivity contribution in [1.82, 2.24) is 0 Å². The topological polar surface area (TPSA) is 58.6 Å². The van der Waals surface area contributed by atoms with E-state index in [1.165, 1.54) is 5.56 Å². The smallest absolute Gasteiger partial charge is 0.265 e. The predicted molar refractivity (Wildman–Crippen MR) is 103 cm³/mol. The molecule has 0 bridgehead atoms. The molecule has 1 aliphatic rings. The van der Waals surface area contributed by atoms with Gasteiger partial charge >= 0.3 is 0 Å². The van der Waals surface area contributed by atoms with E-state index >= 15 is 0 Å². The van der Waals surface area contributed by atoms with Crippen molar-refractivity contribution in [2.75, 3.05) is 23.4 Å². The molecule has 0 aromatic heterocycles. The SMILES string of the molecule is CC(C)C(=O)Nc1ccc2c(c1)N(CCCc1ccccc1)C(=O)CO2. The second-order valence-electron chi connectivity index (χ2n) is 6.75. The third-order valence-electron chi connectivity index (χ3n) is 4.38. The number of ether oxygens (including phenoxy) is 1. The van der Waals surface area contributed by atoms with Gasteiger partial charge in [0.25, 0.3) is 5.91 Å². The summed E-state index contributed by atoms with van der Waals surface area (Å²) in [6, 6.07) is 15.7. The molecule has 5 nitrogen and oxygen atoms in total. The van der Waals surface area contributed by atoms with Crippen molar-refractivity contribution in [3.05, 3.63) is 54.1 Å². The monoisotopic (exact) mass is 352 g/mol. The molecular weight excluding hydrogens is 328 g/mol. The number of fused-ring (bicyclic) bond motifs is 1. The molecule has 0 radical (unpaired) electrons. The summed E-state index contributed by atoms with van der Waals surface area (Å²) in [5.74, 6) is 0.458. The second kappa shape index (κ2) is 8.04. The molecule has 1 heterocycles. The maximum Gasteiger partial charge on any atom is 0.265 e. The number of nitrogens with one attached hydrogen (secondary N) is 1. The molecule has 0 saturated carbocycles. The molecule has 2 amide bonds. The summed E-state index contributed by atoms with van der Waals surface area (Å²) in [4.78, 5) is 26.0. The normalized spacial score (nSPS) is 13.3. The zero-order chi connectivity index (χ0) is 18.5. The van der Waals surface area contributed by atoms with E-state index in [2.05, 4.69) is 17.4 Å². The number of hydrogen-bond acceptors (Lipinski definition) is 3. The summed E-state index contributed by atoms with van der Waals surface area (Å²) < 4.78 is 5.53. The van der Waals surface area contributed by atoms with Crippen LogP contribution in [0, 0.1) is 5.92 Å². The number of aryl methyl sites for hydroxylation is 1. The lowest BCUT2D eigenvalue weighted by atomic mass is 10.1. The molecule has 136 valence electrons. The van der Waals surface area contributed by atoms with Crippen LogP contribution in [-0.2, 0) is 16.0 Å². The van der Waals surface area contributed by atoms with E-state index in [9.17, 15) is 9.59 Å². The Labute approximate surface area is 154 Å². The van der Waals surface area contributed by atoms with Crippen molar-refractivity contribution < 1.29 is 14.3 Å². The van der Waals surface area contributed by atoms with Crippen LogP contribution < -0.4 is 15.0 Å². The van der Waals surface area contributed by atoms with Crippen LogP contribution >= 0.6 is 0 Å². The quantitative estimate of drug-likeness (QED) is 0.863. The van der Waals surface area contributed by atoms with Gasteiger partial charge in [-0.05, 0) is 36.6 Å². The molecule has 0 aliphatic carbocycles. The van der Waals surface area contributed by atoms with Crippen molar-refractivity contribution in [1.29, 1.82) is 0 Å². The van der Waals surface area contributed by atoms with E-state index in [0.29, 0.717) is 18.0 Å². The Morgan fingerprint density at radius 2 is 1.96 bits per heavy atom. The van der Waals surface area contributed by atoms with Crippen LogP contribution in [0.15, 0.2) is 48.5 Å². The number of carbonyl (C=O) groups is 2. The Balaban J connectivity index is 1.72. The molecule has 26 heavy (non-hydrogen) atoms. The predicted octanol–water partition coefficient (Wildman–Crippen LogP) is 3.64. The van der Waals surface area contributed by atoms with E-state index in [-0.39, 0.29) is 24.3 Å². The molecule has 0 spiro atoms. The van der Waals surface area contributed by atoms with Gasteiger partial charge in [0.1, 0.15) is 5.75 Å². The standard InChI is InChI=1S/C21H24N2O3/c1-15(2)21(25)22-17-10-11-19-18(13-17)23(20(24)14-26-19)12-6-9-16-7-4-3-5-8-16/h3-5,7-8,10-11,13,15H,6,9,12,14H2,1-2H3,(H,22,25). The minimum atomic E-state index is -0.106. The highest BCUT2D eigenvalue weighted by atomic mass is 16.5. The molecule has 3 rings (SSSR count). The number of nitrogens with zero attached hydrogens (tertiary/aromatic N) is 1. The van der Waals surface area contributed by atoms with Crippen molar-refractivity contribution >= 4 is 23.2 Å². The first-order valence-corrected chi connectivity index (χ1v) is 8.96. The van der Waals surface area contributed by atoms with Gasteiger partial charge in [-0.2, -0.15) is 0 Å². The van der Waals surface area contributed by atoms with Gasteiger partial charge < -0.3 is 15.0 Å². The lowest BCUT2D eigenvalue weighted by Crippen LogP contribution is -2.39. The van der Waals surface area contributed by atoms with Crippen molar-refractivity contribution in [3.63, 3.8) is 0 Å². The van der Waals surface area contributed by atoms with E-state index in [0.717, 1.165) is 18.5 Å². The van der Waals surface area contributed by atoms with E-state index in [1.807, 2.05) is 44.2 Å².